The molecule has 4 amide bonds. The highest BCUT2D eigenvalue weighted by atomic mass is 16.2. The summed E-state index contributed by atoms with van der Waals surface area (Å²) in [6, 6.07) is 6.40. The normalized spacial score (nSPS) is 17.8. The van der Waals surface area contributed by atoms with Gasteiger partial charge in [0.25, 0.3) is 5.91 Å². The molecule has 0 saturated carbocycles. The molecule has 0 aromatic heterocycles. The summed E-state index contributed by atoms with van der Waals surface area (Å²) in [6.45, 7) is 2.04. The van der Waals surface area contributed by atoms with Gasteiger partial charge in [0.05, 0.1) is 6.42 Å². The van der Waals surface area contributed by atoms with Gasteiger partial charge in [-0.05, 0) is 18.1 Å². The van der Waals surface area contributed by atoms with Gasteiger partial charge < -0.3 is 10.6 Å². The Bertz CT molecular complexity index is 528. The van der Waals surface area contributed by atoms with Crippen LogP contribution >= 0.6 is 0 Å². The fraction of sp³-hybridized carbons (Fsp3) is 0.308. The first-order valence-electron chi connectivity index (χ1n) is 5.99. The monoisotopic (exact) mass is 261 g/mol. The zero-order valence-electron chi connectivity index (χ0n) is 10.5. The lowest BCUT2D eigenvalue weighted by molar-refractivity contribution is -0.121. The summed E-state index contributed by atoms with van der Waals surface area (Å²) < 4.78 is 0. The second kappa shape index (κ2) is 5.51. The smallest absolute Gasteiger partial charge is 0.322 e. The molecule has 1 heterocycles. The summed E-state index contributed by atoms with van der Waals surface area (Å²) >= 11 is 0. The van der Waals surface area contributed by atoms with Crippen LogP contribution < -0.4 is 16.0 Å². The highest BCUT2D eigenvalue weighted by molar-refractivity contribution is 6.04. The van der Waals surface area contributed by atoms with Gasteiger partial charge in [0.1, 0.15) is 6.04 Å². The largest absolute Gasteiger partial charge is 0.353 e. The Morgan fingerprint density at radius 3 is 2.68 bits per heavy atom. The number of aryl methyl sites for hydroxylation is 1. The molecule has 100 valence electrons. The van der Waals surface area contributed by atoms with Gasteiger partial charge >= 0.3 is 6.03 Å². The predicted molar refractivity (Wildman–Crippen MR) is 68.4 cm³/mol. The molecular formula is C13H15N3O3. The van der Waals surface area contributed by atoms with Crippen molar-refractivity contribution in [3.8, 4) is 0 Å². The van der Waals surface area contributed by atoms with Gasteiger partial charge in [-0.3, -0.25) is 14.9 Å². The van der Waals surface area contributed by atoms with Crippen molar-refractivity contribution in [3.05, 3.63) is 35.4 Å². The van der Waals surface area contributed by atoms with E-state index >= 15 is 0 Å². The maximum absolute atomic E-state index is 11.8. The SMILES string of the molecule is Cc1ccccc1CC(=O)NCC1NC(=O)NC1=O. The fourth-order valence-electron chi connectivity index (χ4n) is 1.86. The Kier molecular flexibility index (Phi) is 3.79. The summed E-state index contributed by atoms with van der Waals surface area (Å²) in [4.78, 5) is 33.9. The molecule has 1 aliphatic rings. The van der Waals surface area contributed by atoms with Gasteiger partial charge in [-0.1, -0.05) is 24.3 Å². The summed E-state index contributed by atoms with van der Waals surface area (Å²) in [6.07, 6.45) is 0.259. The molecule has 1 aliphatic heterocycles. The third kappa shape index (κ3) is 3.31. The van der Waals surface area contributed by atoms with Crippen molar-refractivity contribution >= 4 is 17.8 Å². The van der Waals surface area contributed by atoms with E-state index in [0.717, 1.165) is 11.1 Å². The maximum Gasteiger partial charge on any atom is 0.322 e. The van der Waals surface area contributed by atoms with Gasteiger partial charge in [-0.25, -0.2) is 4.79 Å². The molecule has 0 bridgehead atoms. The van der Waals surface area contributed by atoms with Crippen molar-refractivity contribution in [1.82, 2.24) is 16.0 Å². The topological polar surface area (TPSA) is 87.3 Å². The molecule has 1 aromatic carbocycles. The lowest BCUT2D eigenvalue weighted by Gasteiger charge is -2.10. The highest BCUT2D eigenvalue weighted by Crippen LogP contribution is 2.07. The van der Waals surface area contributed by atoms with Crippen molar-refractivity contribution in [2.45, 2.75) is 19.4 Å². The second-order valence-corrected chi connectivity index (χ2v) is 4.42. The summed E-state index contributed by atoms with van der Waals surface area (Å²) in [5, 5.41) is 7.17. The Hall–Kier alpha value is -2.37. The summed E-state index contributed by atoms with van der Waals surface area (Å²) in [5.41, 5.74) is 1.99. The lowest BCUT2D eigenvalue weighted by Crippen LogP contribution is -2.42. The molecule has 0 aliphatic carbocycles. The van der Waals surface area contributed by atoms with Crippen LogP contribution in [0.2, 0.25) is 0 Å². The number of urea groups is 1. The van der Waals surface area contributed by atoms with Crippen molar-refractivity contribution in [2.24, 2.45) is 0 Å². The maximum atomic E-state index is 11.8. The van der Waals surface area contributed by atoms with E-state index in [1.807, 2.05) is 31.2 Å². The molecule has 1 saturated heterocycles. The van der Waals surface area contributed by atoms with Crippen LogP contribution in [-0.2, 0) is 16.0 Å². The van der Waals surface area contributed by atoms with Gasteiger partial charge in [-0.15, -0.1) is 0 Å². The second-order valence-electron chi connectivity index (χ2n) is 4.42. The number of benzene rings is 1. The quantitative estimate of drug-likeness (QED) is 0.659. The number of rotatable bonds is 4. The number of hydrogen-bond acceptors (Lipinski definition) is 3. The Balaban J connectivity index is 1.84. The molecule has 0 spiro atoms. The fourth-order valence-corrected chi connectivity index (χ4v) is 1.86. The lowest BCUT2D eigenvalue weighted by atomic mass is 10.1. The van der Waals surface area contributed by atoms with Crippen molar-refractivity contribution in [3.63, 3.8) is 0 Å². The van der Waals surface area contributed by atoms with Crippen molar-refractivity contribution in [1.29, 1.82) is 0 Å². The van der Waals surface area contributed by atoms with E-state index in [1.54, 1.807) is 0 Å². The molecule has 1 unspecified atom stereocenters. The van der Waals surface area contributed by atoms with Crippen LogP contribution in [0.25, 0.3) is 0 Å². The van der Waals surface area contributed by atoms with Gasteiger partial charge in [-0.2, -0.15) is 0 Å². The minimum Gasteiger partial charge on any atom is -0.353 e. The van der Waals surface area contributed by atoms with Crippen LogP contribution in [0.4, 0.5) is 4.79 Å². The van der Waals surface area contributed by atoms with E-state index < -0.39 is 18.0 Å². The Morgan fingerprint density at radius 2 is 2.05 bits per heavy atom. The third-order valence-corrected chi connectivity index (χ3v) is 2.97. The van der Waals surface area contributed by atoms with E-state index in [9.17, 15) is 14.4 Å². The number of hydrogen-bond donors (Lipinski definition) is 3. The zero-order chi connectivity index (χ0) is 13.8. The molecule has 3 N–H and O–H groups in total. The Labute approximate surface area is 110 Å². The van der Waals surface area contributed by atoms with E-state index in [-0.39, 0.29) is 18.9 Å². The van der Waals surface area contributed by atoms with Gasteiger partial charge in [0.2, 0.25) is 5.91 Å². The predicted octanol–water partition coefficient (Wildman–Crippen LogP) is -0.138. The summed E-state index contributed by atoms with van der Waals surface area (Å²) in [5.74, 6) is -0.593. The van der Waals surface area contributed by atoms with Crippen molar-refractivity contribution < 1.29 is 14.4 Å². The minimum absolute atomic E-state index is 0.0995. The van der Waals surface area contributed by atoms with Gasteiger partial charge in [0.15, 0.2) is 0 Å². The number of carbonyl (C=O) groups is 3. The Morgan fingerprint density at radius 1 is 1.32 bits per heavy atom. The number of carbonyl (C=O) groups excluding carboxylic acids is 3. The van der Waals surface area contributed by atoms with E-state index in [1.165, 1.54) is 0 Å². The molecule has 19 heavy (non-hydrogen) atoms. The van der Waals surface area contributed by atoms with Crippen molar-refractivity contribution in [2.75, 3.05) is 6.54 Å². The first-order chi connectivity index (χ1) is 9.06. The highest BCUT2D eigenvalue weighted by Gasteiger charge is 2.29. The zero-order valence-corrected chi connectivity index (χ0v) is 10.5. The molecule has 6 nitrogen and oxygen atoms in total. The average Bonchev–Trinajstić information content (AvgIpc) is 2.68. The molecule has 1 atom stereocenters. The number of amides is 4. The first kappa shape index (κ1) is 13.1. The summed E-state index contributed by atoms with van der Waals surface area (Å²) in [7, 11) is 0. The van der Waals surface area contributed by atoms with E-state index in [4.69, 9.17) is 0 Å². The van der Waals surface area contributed by atoms with E-state index in [2.05, 4.69) is 16.0 Å². The van der Waals surface area contributed by atoms with Gasteiger partial charge in [0, 0.05) is 6.54 Å². The van der Waals surface area contributed by atoms with Crippen LogP contribution in [0.1, 0.15) is 11.1 Å². The third-order valence-electron chi connectivity index (χ3n) is 2.97. The molecule has 2 rings (SSSR count). The number of nitrogens with one attached hydrogen (secondary N) is 3. The van der Waals surface area contributed by atoms with Crippen LogP contribution in [-0.4, -0.2) is 30.4 Å². The van der Waals surface area contributed by atoms with E-state index in [0.29, 0.717) is 0 Å². The average molecular weight is 261 g/mol. The number of imide groups is 1. The standard InChI is InChI=1S/C13H15N3O3/c1-8-4-2-3-5-9(8)6-11(17)14-7-10-12(18)16-13(19)15-10/h2-5,10H,6-7H2,1H3,(H,14,17)(H2,15,16,18,19). The molecule has 1 aromatic rings. The molecule has 1 fully saturated rings. The van der Waals surface area contributed by atoms with Crippen LogP contribution in [0.15, 0.2) is 24.3 Å². The minimum atomic E-state index is -0.687. The molecule has 0 radical (unpaired) electrons. The van der Waals surface area contributed by atoms with Crippen LogP contribution in [0.3, 0.4) is 0 Å². The van der Waals surface area contributed by atoms with Crippen LogP contribution in [0, 0.1) is 6.92 Å². The molecule has 6 heteroatoms. The first-order valence-corrected chi connectivity index (χ1v) is 5.99. The molecular weight excluding hydrogens is 246 g/mol. The van der Waals surface area contributed by atoms with Crippen LogP contribution in [0.5, 0.6) is 0 Å².